The molecular weight excluding hydrogens is 362 g/mol. The fourth-order valence-electron chi connectivity index (χ4n) is 3.11. The van der Waals surface area contributed by atoms with E-state index in [0.717, 1.165) is 22.8 Å². The van der Waals surface area contributed by atoms with E-state index in [0.29, 0.717) is 32.0 Å². The van der Waals surface area contributed by atoms with E-state index in [4.69, 9.17) is 0 Å². The van der Waals surface area contributed by atoms with E-state index < -0.39 is 10.0 Å². The molecule has 0 bridgehead atoms. The molecule has 1 aromatic carbocycles. The minimum atomic E-state index is -3.32. The van der Waals surface area contributed by atoms with Gasteiger partial charge in [-0.25, -0.2) is 18.4 Å². The summed E-state index contributed by atoms with van der Waals surface area (Å²) in [5.41, 5.74) is 1.95. The summed E-state index contributed by atoms with van der Waals surface area (Å²) < 4.78 is 27.1. The molecule has 3 rings (SSSR count). The van der Waals surface area contributed by atoms with Gasteiger partial charge in [-0.2, -0.15) is 4.31 Å². The van der Waals surface area contributed by atoms with Gasteiger partial charge in [0.05, 0.1) is 5.75 Å². The Morgan fingerprint density at radius 2 is 1.63 bits per heavy atom. The zero-order valence-electron chi connectivity index (χ0n) is 16.4. The molecule has 27 heavy (non-hydrogen) atoms. The third-order valence-corrected chi connectivity index (χ3v) is 6.54. The second-order valence-corrected chi connectivity index (χ2v) is 9.12. The van der Waals surface area contributed by atoms with Crippen LogP contribution < -0.4 is 9.80 Å². The van der Waals surface area contributed by atoms with Gasteiger partial charge in [0.2, 0.25) is 10.0 Å². The molecule has 0 radical (unpaired) electrons. The Bertz CT molecular complexity index is 889. The Balaban J connectivity index is 1.67. The fraction of sp³-hybridized carbons (Fsp3) is 0.474. The van der Waals surface area contributed by atoms with Gasteiger partial charge in [0.15, 0.2) is 0 Å². The van der Waals surface area contributed by atoms with Crippen molar-refractivity contribution >= 4 is 21.7 Å². The molecule has 2 aromatic rings. The molecule has 0 N–H and O–H groups in total. The highest BCUT2D eigenvalue weighted by molar-refractivity contribution is 7.88. The lowest BCUT2D eigenvalue weighted by Gasteiger charge is -2.35. The van der Waals surface area contributed by atoms with Gasteiger partial charge in [-0.05, 0) is 19.4 Å². The number of hydrogen-bond acceptors (Lipinski definition) is 6. The van der Waals surface area contributed by atoms with Crippen molar-refractivity contribution < 1.29 is 8.42 Å². The van der Waals surface area contributed by atoms with Crippen LogP contribution in [0.5, 0.6) is 0 Å². The molecular formula is C19H27N5O2S. The van der Waals surface area contributed by atoms with Crippen LogP contribution in [0.2, 0.25) is 0 Å². The SMILES string of the molecule is Cc1ccc(CS(=O)(=O)N2CCN(c3cc(N(C)C)nc(C)n3)CC2)cc1. The summed E-state index contributed by atoms with van der Waals surface area (Å²) in [5.74, 6) is 2.46. The van der Waals surface area contributed by atoms with Gasteiger partial charge < -0.3 is 9.80 Å². The fourth-order valence-corrected chi connectivity index (χ4v) is 4.63. The zero-order chi connectivity index (χ0) is 19.6. The Morgan fingerprint density at radius 3 is 2.22 bits per heavy atom. The van der Waals surface area contributed by atoms with Crippen LogP contribution in [0.25, 0.3) is 0 Å². The average Bonchev–Trinajstić information content (AvgIpc) is 2.63. The first kappa shape index (κ1) is 19.6. The number of hydrogen-bond donors (Lipinski definition) is 0. The first-order valence-corrected chi connectivity index (χ1v) is 10.7. The standard InChI is InChI=1S/C19H27N5O2S/c1-15-5-7-17(8-6-15)14-27(25,26)24-11-9-23(10-12-24)19-13-18(22(3)4)20-16(2)21-19/h5-8,13H,9-12,14H2,1-4H3. The smallest absolute Gasteiger partial charge is 0.218 e. The summed E-state index contributed by atoms with van der Waals surface area (Å²) in [6, 6.07) is 9.61. The number of nitrogens with zero attached hydrogens (tertiary/aromatic N) is 5. The number of aromatic nitrogens is 2. The molecule has 0 atom stereocenters. The van der Waals surface area contributed by atoms with E-state index in [1.165, 1.54) is 0 Å². The molecule has 1 saturated heterocycles. The summed E-state index contributed by atoms with van der Waals surface area (Å²) in [6.45, 7) is 6.04. The van der Waals surface area contributed by atoms with E-state index >= 15 is 0 Å². The van der Waals surface area contributed by atoms with Crippen LogP contribution >= 0.6 is 0 Å². The van der Waals surface area contributed by atoms with Crippen LogP contribution in [-0.4, -0.2) is 63.0 Å². The van der Waals surface area contributed by atoms with E-state index in [1.807, 2.05) is 63.2 Å². The average molecular weight is 390 g/mol. The second-order valence-electron chi connectivity index (χ2n) is 7.15. The highest BCUT2D eigenvalue weighted by Gasteiger charge is 2.28. The maximum Gasteiger partial charge on any atom is 0.218 e. The van der Waals surface area contributed by atoms with Gasteiger partial charge in [-0.1, -0.05) is 29.8 Å². The first-order valence-electron chi connectivity index (χ1n) is 9.06. The molecule has 0 amide bonds. The predicted octanol–water partition coefficient (Wildman–Crippen LogP) is 1.81. The van der Waals surface area contributed by atoms with Crippen molar-refractivity contribution in [3.8, 4) is 0 Å². The van der Waals surface area contributed by atoms with Crippen LogP contribution in [0.1, 0.15) is 17.0 Å². The molecule has 0 spiro atoms. The van der Waals surface area contributed by atoms with E-state index in [2.05, 4.69) is 14.9 Å². The monoisotopic (exact) mass is 389 g/mol. The quantitative estimate of drug-likeness (QED) is 0.777. The number of anilines is 2. The highest BCUT2D eigenvalue weighted by Crippen LogP contribution is 2.21. The van der Waals surface area contributed by atoms with Crippen molar-refractivity contribution in [2.45, 2.75) is 19.6 Å². The topological polar surface area (TPSA) is 69.6 Å². The van der Waals surface area contributed by atoms with Crippen LogP contribution in [0.4, 0.5) is 11.6 Å². The zero-order valence-corrected chi connectivity index (χ0v) is 17.2. The van der Waals surface area contributed by atoms with E-state index in [1.54, 1.807) is 4.31 Å². The largest absolute Gasteiger partial charge is 0.363 e. The molecule has 0 unspecified atom stereocenters. The van der Waals surface area contributed by atoms with E-state index in [9.17, 15) is 8.42 Å². The van der Waals surface area contributed by atoms with Gasteiger partial charge in [-0.15, -0.1) is 0 Å². The van der Waals surface area contributed by atoms with Crippen molar-refractivity contribution in [2.24, 2.45) is 0 Å². The lowest BCUT2D eigenvalue weighted by atomic mass is 10.2. The minimum absolute atomic E-state index is 0.0463. The Labute approximate surface area is 161 Å². The first-order chi connectivity index (χ1) is 12.7. The summed E-state index contributed by atoms with van der Waals surface area (Å²) in [5, 5.41) is 0. The van der Waals surface area contributed by atoms with Gasteiger partial charge in [0, 0.05) is 46.3 Å². The third-order valence-electron chi connectivity index (χ3n) is 4.69. The van der Waals surface area contributed by atoms with Crippen molar-refractivity contribution in [3.05, 3.63) is 47.3 Å². The molecule has 146 valence electrons. The summed E-state index contributed by atoms with van der Waals surface area (Å²) in [7, 11) is 0.572. The predicted molar refractivity (Wildman–Crippen MR) is 109 cm³/mol. The number of aryl methyl sites for hydroxylation is 2. The minimum Gasteiger partial charge on any atom is -0.363 e. The lowest BCUT2D eigenvalue weighted by Crippen LogP contribution is -2.49. The molecule has 2 heterocycles. The second kappa shape index (κ2) is 7.82. The van der Waals surface area contributed by atoms with Gasteiger partial charge in [0.1, 0.15) is 17.5 Å². The molecule has 1 fully saturated rings. The Hall–Kier alpha value is -2.19. The molecule has 1 aliphatic heterocycles. The van der Waals surface area contributed by atoms with E-state index in [-0.39, 0.29) is 5.75 Å². The normalized spacial score (nSPS) is 15.8. The molecule has 7 nitrogen and oxygen atoms in total. The molecule has 8 heteroatoms. The van der Waals surface area contributed by atoms with Crippen molar-refractivity contribution in [1.29, 1.82) is 0 Å². The lowest BCUT2D eigenvalue weighted by molar-refractivity contribution is 0.383. The third kappa shape index (κ3) is 4.75. The molecule has 0 saturated carbocycles. The summed E-state index contributed by atoms with van der Waals surface area (Å²) in [4.78, 5) is 13.0. The molecule has 0 aliphatic carbocycles. The maximum absolute atomic E-state index is 12.8. The number of sulfonamides is 1. The Morgan fingerprint density at radius 1 is 1.00 bits per heavy atom. The van der Waals surface area contributed by atoms with Gasteiger partial charge in [-0.3, -0.25) is 0 Å². The molecule has 1 aromatic heterocycles. The summed E-state index contributed by atoms with van der Waals surface area (Å²) >= 11 is 0. The summed E-state index contributed by atoms with van der Waals surface area (Å²) in [6.07, 6.45) is 0. The van der Waals surface area contributed by atoms with Crippen LogP contribution in [-0.2, 0) is 15.8 Å². The van der Waals surface area contributed by atoms with Crippen LogP contribution in [0, 0.1) is 13.8 Å². The maximum atomic E-state index is 12.8. The Kier molecular flexibility index (Phi) is 5.67. The molecule has 1 aliphatic rings. The van der Waals surface area contributed by atoms with Crippen molar-refractivity contribution in [3.63, 3.8) is 0 Å². The number of rotatable bonds is 5. The van der Waals surface area contributed by atoms with Crippen molar-refractivity contribution in [2.75, 3.05) is 50.1 Å². The number of piperazine rings is 1. The van der Waals surface area contributed by atoms with Crippen molar-refractivity contribution in [1.82, 2.24) is 14.3 Å². The number of benzene rings is 1. The van der Waals surface area contributed by atoms with Crippen LogP contribution in [0.3, 0.4) is 0 Å². The van der Waals surface area contributed by atoms with Gasteiger partial charge >= 0.3 is 0 Å². The highest BCUT2D eigenvalue weighted by atomic mass is 32.2. The van der Waals surface area contributed by atoms with Crippen LogP contribution in [0.15, 0.2) is 30.3 Å². The van der Waals surface area contributed by atoms with Gasteiger partial charge in [0.25, 0.3) is 0 Å².